The van der Waals surface area contributed by atoms with E-state index in [-0.39, 0.29) is 26.1 Å². The predicted molar refractivity (Wildman–Crippen MR) is 259 cm³/mol. The molecule has 9 nitrogen and oxygen atoms in total. The largest absolute Gasteiger partial charge is 0.756 e. The van der Waals surface area contributed by atoms with E-state index in [1.807, 2.05) is 21.1 Å². The quantitative estimate of drug-likeness (QED) is 0.0196. The first-order chi connectivity index (χ1) is 30.0. The molecule has 0 rings (SSSR count). The number of hydrogen-bond donors (Lipinski definition) is 0. The van der Waals surface area contributed by atoms with E-state index in [4.69, 9.17) is 18.5 Å². The third kappa shape index (κ3) is 46.7. The Balaban J connectivity index is 4.29. The highest BCUT2D eigenvalue weighted by Gasteiger charge is 2.21. The lowest BCUT2D eigenvalue weighted by Gasteiger charge is -2.28. The minimum Gasteiger partial charge on any atom is -0.756 e. The van der Waals surface area contributed by atoms with Crippen molar-refractivity contribution in [2.24, 2.45) is 0 Å². The minimum atomic E-state index is -4.64. The van der Waals surface area contributed by atoms with Gasteiger partial charge in [-0.2, -0.15) is 0 Å². The highest BCUT2D eigenvalue weighted by Crippen LogP contribution is 2.38. The van der Waals surface area contributed by atoms with E-state index in [9.17, 15) is 19.0 Å². The average molecular weight is 888 g/mol. The molecule has 2 atom stereocenters. The fraction of sp³-hybridized carbons (Fsp3) is 0.692. The number of unbranched alkanes of at least 4 members (excludes halogenated alkanes) is 15. The molecular formula is C52H90NO8P. The number of allylic oxidation sites excluding steroid dienone is 14. The van der Waals surface area contributed by atoms with Crippen molar-refractivity contribution >= 4 is 19.8 Å². The lowest BCUT2D eigenvalue weighted by Crippen LogP contribution is -2.37. The van der Waals surface area contributed by atoms with Crippen LogP contribution in [0.3, 0.4) is 0 Å². The first-order valence-electron chi connectivity index (χ1n) is 24.3. The van der Waals surface area contributed by atoms with Gasteiger partial charge in [0.15, 0.2) is 6.10 Å². The van der Waals surface area contributed by atoms with Gasteiger partial charge in [-0.15, -0.1) is 0 Å². The van der Waals surface area contributed by atoms with Gasteiger partial charge in [-0.25, -0.2) is 0 Å². The van der Waals surface area contributed by atoms with Gasteiger partial charge in [-0.3, -0.25) is 14.2 Å². The molecule has 0 aliphatic heterocycles. The number of nitrogens with zero attached hydrogens (tertiary/aromatic N) is 1. The second-order valence-electron chi connectivity index (χ2n) is 17.1. The minimum absolute atomic E-state index is 0.0384. The molecule has 356 valence electrons. The van der Waals surface area contributed by atoms with Gasteiger partial charge in [0.1, 0.15) is 19.8 Å². The molecule has 0 aromatic rings. The molecule has 0 aliphatic rings. The summed E-state index contributed by atoms with van der Waals surface area (Å²) in [7, 11) is 1.14. The lowest BCUT2D eigenvalue weighted by atomic mass is 10.1. The van der Waals surface area contributed by atoms with Gasteiger partial charge >= 0.3 is 11.9 Å². The summed E-state index contributed by atoms with van der Waals surface area (Å²) in [6, 6.07) is 0. The van der Waals surface area contributed by atoms with Gasteiger partial charge in [0.2, 0.25) is 0 Å². The van der Waals surface area contributed by atoms with Crippen molar-refractivity contribution in [1.82, 2.24) is 0 Å². The van der Waals surface area contributed by atoms with Crippen molar-refractivity contribution in [2.45, 2.75) is 187 Å². The van der Waals surface area contributed by atoms with Crippen molar-refractivity contribution in [3.63, 3.8) is 0 Å². The van der Waals surface area contributed by atoms with Gasteiger partial charge in [-0.1, -0.05) is 182 Å². The number of phosphoric acid groups is 1. The average Bonchev–Trinajstić information content (AvgIpc) is 3.23. The highest BCUT2D eigenvalue weighted by atomic mass is 31.2. The van der Waals surface area contributed by atoms with E-state index in [2.05, 4.69) is 98.9 Å². The summed E-state index contributed by atoms with van der Waals surface area (Å²) in [6.45, 7) is 4.07. The summed E-state index contributed by atoms with van der Waals surface area (Å²) >= 11 is 0. The number of carbonyl (C=O) groups excluding carboxylic acids is 2. The summed E-state index contributed by atoms with van der Waals surface area (Å²) < 4.78 is 33.9. The number of phosphoric ester groups is 1. The Labute approximate surface area is 380 Å². The number of hydrogen-bond acceptors (Lipinski definition) is 8. The fourth-order valence-corrected chi connectivity index (χ4v) is 6.89. The fourth-order valence-electron chi connectivity index (χ4n) is 6.16. The van der Waals surface area contributed by atoms with E-state index in [0.29, 0.717) is 17.4 Å². The maximum Gasteiger partial charge on any atom is 0.306 e. The van der Waals surface area contributed by atoms with E-state index < -0.39 is 32.5 Å². The van der Waals surface area contributed by atoms with Gasteiger partial charge < -0.3 is 27.9 Å². The Hall–Kier alpha value is -2.81. The molecule has 0 spiro atoms. The Morgan fingerprint density at radius 2 is 0.919 bits per heavy atom. The molecule has 0 heterocycles. The zero-order valence-corrected chi connectivity index (χ0v) is 40.9. The van der Waals surface area contributed by atoms with E-state index in [1.54, 1.807) is 0 Å². The molecular weight excluding hydrogens is 798 g/mol. The third-order valence-electron chi connectivity index (χ3n) is 9.93. The normalized spacial score (nSPS) is 14.2. The van der Waals surface area contributed by atoms with Crippen molar-refractivity contribution in [2.75, 3.05) is 47.5 Å². The van der Waals surface area contributed by atoms with Crippen molar-refractivity contribution < 1.29 is 42.1 Å². The Kier molecular flexibility index (Phi) is 41.5. The third-order valence-corrected chi connectivity index (χ3v) is 10.9. The molecule has 2 unspecified atom stereocenters. The number of ether oxygens (including phenoxy) is 2. The SMILES string of the molecule is CC/C=C\C/C=C\C/C=C\C/C=C\C/C=C\C/C=C\C/C=C\CCCCCCCC(=O)OC(COC(=O)CCCCCCCCCCCCC)COP(=O)([O-])OCC[N+](C)(C)C. The smallest absolute Gasteiger partial charge is 0.306 e. The molecule has 0 saturated carbocycles. The van der Waals surface area contributed by atoms with E-state index in [0.717, 1.165) is 96.3 Å². The van der Waals surface area contributed by atoms with Crippen LogP contribution in [0, 0.1) is 0 Å². The van der Waals surface area contributed by atoms with Crippen LogP contribution in [-0.4, -0.2) is 70.0 Å². The van der Waals surface area contributed by atoms with Gasteiger partial charge in [-0.05, 0) is 70.6 Å². The van der Waals surface area contributed by atoms with Crippen molar-refractivity contribution in [1.29, 1.82) is 0 Å². The number of likely N-dealkylation sites (N-methyl/N-ethyl adjacent to an activating group) is 1. The molecule has 0 amide bonds. The highest BCUT2D eigenvalue weighted by molar-refractivity contribution is 7.45. The number of carbonyl (C=O) groups is 2. The maximum atomic E-state index is 12.7. The number of quaternary nitrogens is 1. The van der Waals surface area contributed by atoms with E-state index >= 15 is 0 Å². The molecule has 0 aromatic heterocycles. The van der Waals surface area contributed by atoms with Crippen LogP contribution >= 0.6 is 7.82 Å². The van der Waals surface area contributed by atoms with Gasteiger partial charge in [0.05, 0.1) is 27.7 Å². The van der Waals surface area contributed by atoms with Crippen LogP contribution in [0.15, 0.2) is 85.1 Å². The molecule has 62 heavy (non-hydrogen) atoms. The zero-order valence-electron chi connectivity index (χ0n) is 40.0. The summed E-state index contributed by atoms with van der Waals surface area (Å²) in [4.78, 5) is 37.6. The lowest BCUT2D eigenvalue weighted by molar-refractivity contribution is -0.870. The molecule has 0 aliphatic carbocycles. The van der Waals surface area contributed by atoms with Crippen LogP contribution in [0.25, 0.3) is 0 Å². The standard InChI is InChI=1S/C52H90NO8P/c1-6-8-10-12-14-16-18-19-20-21-22-23-24-25-26-27-28-29-30-31-32-33-35-37-39-41-43-45-52(55)61-50(49-60-62(56,57)59-47-46-53(3,4)5)48-58-51(54)44-42-40-38-36-34-17-15-13-11-9-7-2/h8,10,14,16,19-20,22-23,25-26,28-29,31-32,50H,6-7,9,11-13,15,17-18,21,24,27,30,33-49H2,1-5H3/b10-8-,16-14-,20-19-,23-22-,26-25-,29-28-,32-31-. The van der Waals surface area contributed by atoms with Crippen LogP contribution < -0.4 is 4.89 Å². The first kappa shape index (κ1) is 59.2. The van der Waals surface area contributed by atoms with Gasteiger partial charge in [0.25, 0.3) is 7.82 Å². The molecule has 0 N–H and O–H groups in total. The Bertz CT molecular complexity index is 1330. The summed E-state index contributed by atoms with van der Waals surface area (Å²) in [5.74, 6) is -0.862. The van der Waals surface area contributed by atoms with Gasteiger partial charge in [0, 0.05) is 12.8 Å². The second kappa shape index (κ2) is 43.4. The molecule has 0 bridgehead atoms. The van der Waals surface area contributed by atoms with Crippen LogP contribution in [0.5, 0.6) is 0 Å². The Morgan fingerprint density at radius 1 is 0.516 bits per heavy atom. The zero-order chi connectivity index (χ0) is 45.7. The summed E-state index contributed by atoms with van der Waals surface area (Å²) in [5.41, 5.74) is 0. The van der Waals surface area contributed by atoms with Crippen LogP contribution in [0.2, 0.25) is 0 Å². The predicted octanol–water partition coefficient (Wildman–Crippen LogP) is 13.7. The van der Waals surface area contributed by atoms with E-state index in [1.165, 1.54) is 51.4 Å². The number of esters is 2. The summed E-state index contributed by atoms with van der Waals surface area (Å²) in [6.07, 6.45) is 56.1. The van der Waals surface area contributed by atoms with Crippen LogP contribution in [-0.2, 0) is 32.7 Å². The maximum absolute atomic E-state index is 12.7. The first-order valence-corrected chi connectivity index (χ1v) is 25.8. The van der Waals surface area contributed by atoms with Crippen molar-refractivity contribution in [3.05, 3.63) is 85.1 Å². The molecule has 0 fully saturated rings. The molecule has 0 aromatic carbocycles. The number of rotatable bonds is 43. The Morgan fingerprint density at radius 3 is 1.37 bits per heavy atom. The monoisotopic (exact) mass is 888 g/mol. The molecule has 0 radical (unpaired) electrons. The molecule has 0 saturated heterocycles. The van der Waals surface area contributed by atoms with Crippen LogP contribution in [0.4, 0.5) is 0 Å². The summed E-state index contributed by atoms with van der Waals surface area (Å²) in [5, 5.41) is 0. The van der Waals surface area contributed by atoms with Crippen molar-refractivity contribution in [3.8, 4) is 0 Å². The second-order valence-corrected chi connectivity index (χ2v) is 18.5. The molecule has 10 heteroatoms. The topological polar surface area (TPSA) is 111 Å². The van der Waals surface area contributed by atoms with Crippen LogP contribution in [0.1, 0.15) is 181 Å².